The van der Waals surface area contributed by atoms with Crippen LogP contribution in [0.3, 0.4) is 0 Å². The Balaban J connectivity index is 1.50. The number of nitrogens with one attached hydrogen (secondary N) is 2. The summed E-state index contributed by atoms with van der Waals surface area (Å²) in [7, 11) is -4.35. The molecule has 0 radical (unpaired) electrons. The quantitative estimate of drug-likeness (QED) is 0.373. The van der Waals surface area contributed by atoms with E-state index in [1.165, 1.54) is 0 Å². The minimum atomic E-state index is -4.35. The third-order valence-electron chi connectivity index (χ3n) is 6.78. The SMILES string of the molecule is CC(C)(C)OC(=O)NC1(c2ccc(-c3nc4c(cc3-c3ccccc3)NC(S(=O)(=O)O)CO4)cc2)CCC1. The van der Waals surface area contributed by atoms with Crippen LogP contribution in [0.25, 0.3) is 22.4 Å². The van der Waals surface area contributed by atoms with Gasteiger partial charge in [-0.1, -0.05) is 54.6 Å². The van der Waals surface area contributed by atoms with Gasteiger partial charge in [-0.25, -0.2) is 9.78 Å². The van der Waals surface area contributed by atoms with Crippen molar-refractivity contribution in [3.63, 3.8) is 0 Å². The zero-order valence-corrected chi connectivity index (χ0v) is 22.3. The summed E-state index contributed by atoms with van der Waals surface area (Å²) in [6, 6.07) is 19.3. The number of aromatic nitrogens is 1. The van der Waals surface area contributed by atoms with E-state index in [2.05, 4.69) is 10.6 Å². The molecule has 3 aromatic rings. The van der Waals surface area contributed by atoms with E-state index >= 15 is 0 Å². The average molecular weight is 538 g/mol. The number of anilines is 1. The molecule has 200 valence electrons. The molecule has 2 aliphatic rings. The van der Waals surface area contributed by atoms with E-state index in [0.717, 1.165) is 41.5 Å². The maximum Gasteiger partial charge on any atom is 0.408 e. The lowest BCUT2D eigenvalue weighted by Crippen LogP contribution is -2.52. The third-order valence-corrected chi connectivity index (χ3v) is 7.75. The van der Waals surface area contributed by atoms with Gasteiger partial charge < -0.3 is 20.1 Å². The number of benzene rings is 2. The number of hydrogen-bond donors (Lipinski definition) is 3. The van der Waals surface area contributed by atoms with E-state index in [1.54, 1.807) is 6.07 Å². The summed E-state index contributed by atoms with van der Waals surface area (Å²) in [5.74, 6) is 0.255. The lowest BCUT2D eigenvalue weighted by molar-refractivity contribution is 0.0377. The minimum Gasteiger partial charge on any atom is -0.473 e. The second-order valence-electron chi connectivity index (χ2n) is 10.7. The van der Waals surface area contributed by atoms with E-state index in [1.807, 2.05) is 75.4 Å². The molecule has 2 heterocycles. The van der Waals surface area contributed by atoms with Gasteiger partial charge in [0.2, 0.25) is 5.88 Å². The second-order valence-corrected chi connectivity index (χ2v) is 12.3. The van der Waals surface area contributed by atoms with Crippen LogP contribution in [0, 0.1) is 0 Å². The van der Waals surface area contributed by atoms with Crippen molar-refractivity contribution in [3.8, 4) is 28.3 Å². The van der Waals surface area contributed by atoms with Gasteiger partial charge in [0.05, 0.1) is 16.9 Å². The lowest BCUT2D eigenvalue weighted by atomic mass is 9.71. The van der Waals surface area contributed by atoms with Crippen LogP contribution in [0.15, 0.2) is 60.7 Å². The van der Waals surface area contributed by atoms with Gasteiger partial charge in [-0.15, -0.1) is 0 Å². The van der Waals surface area contributed by atoms with Crippen LogP contribution >= 0.6 is 0 Å². The Bertz CT molecular complexity index is 1450. The molecule has 1 amide bonds. The number of hydrogen-bond acceptors (Lipinski definition) is 7. The van der Waals surface area contributed by atoms with Crippen molar-refractivity contribution in [2.75, 3.05) is 11.9 Å². The Kier molecular flexibility index (Phi) is 6.56. The minimum absolute atomic E-state index is 0.255. The topological polar surface area (TPSA) is 127 Å². The van der Waals surface area contributed by atoms with Crippen LogP contribution in [0.5, 0.6) is 5.88 Å². The molecular formula is C28H31N3O6S. The van der Waals surface area contributed by atoms with E-state index < -0.39 is 32.7 Å². The largest absolute Gasteiger partial charge is 0.473 e. The predicted octanol–water partition coefficient (Wildman–Crippen LogP) is 5.34. The third kappa shape index (κ3) is 5.32. The van der Waals surface area contributed by atoms with E-state index in [9.17, 15) is 17.8 Å². The first-order valence-corrected chi connectivity index (χ1v) is 14.0. The zero-order valence-electron chi connectivity index (χ0n) is 21.5. The molecule has 1 atom stereocenters. The van der Waals surface area contributed by atoms with E-state index in [4.69, 9.17) is 14.5 Å². The molecule has 0 saturated heterocycles. The van der Waals surface area contributed by atoms with Crippen molar-refractivity contribution in [3.05, 3.63) is 66.2 Å². The van der Waals surface area contributed by atoms with E-state index in [0.29, 0.717) is 11.4 Å². The van der Waals surface area contributed by atoms with E-state index in [-0.39, 0.29) is 12.5 Å². The number of nitrogens with zero attached hydrogens (tertiary/aromatic N) is 1. The van der Waals surface area contributed by atoms with Crippen molar-refractivity contribution in [1.82, 2.24) is 10.3 Å². The van der Waals surface area contributed by atoms with Gasteiger partial charge in [-0.2, -0.15) is 8.42 Å². The fourth-order valence-electron chi connectivity index (χ4n) is 4.76. The number of carbonyl (C=O) groups excluding carboxylic acids is 1. The number of ether oxygens (including phenoxy) is 2. The smallest absolute Gasteiger partial charge is 0.408 e. The molecule has 1 saturated carbocycles. The highest BCUT2D eigenvalue weighted by Crippen LogP contribution is 2.43. The van der Waals surface area contributed by atoms with Crippen LogP contribution < -0.4 is 15.4 Å². The Morgan fingerprint density at radius 3 is 2.37 bits per heavy atom. The van der Waals surface area contributed by atoms with Gasteiger partial charge in [0, 0.05) is 11.1 Å². The van der Waals surface area contributed by atoms with Crippen molar-refractivity contribution in [1.29, 1.82) is 0 Å². The number of alkyl carbamates (subject to hydrolysis) is 1. The summed E-state index contributed by atoms with van der Waals surface area (Å²) in [6.45, 7) is 5.26. The molecule has 5 rings (SSSR count). The first kappa shape index (κ1) is 26.0. The molecule has 38 heavy (non-hydrogen) atoms. The number of pyridine rings is 1. The molecule has 1 fully saturated rings. The van der Waals surface area contributed by atoms with Crippen molar-refractivity contribution >= 4 is 21.9 Å². The highest BCUT2D eigenvalue weighted by atomic mass is 32.2. The maximum absolute atomic E-state index is 12.5. The highest BCUT2D eigenvalue weighted by molar-refractivity contribution is 7.86. The molecule has 0 spiro atoms. The fourth-order valence-corrected chi connectivity index (χ4v) is 5.28. The predicted molar refractivity (Wildman–Crippen MR) is 144 cm³/mol. The lowest BCUT2D eigenvalue weighted by Gasteiger charge is -2.43. The molecular weight excluding hydrogens is 506 g/mol. The van der Waals surface area contributed by atoms with Crippen LogP contribution in [-0.2, 0) is 20.4 Å². The highest BCUT2D eigenvalue weighted by Gasteiger charge is 2.41. The summed E-state index contributed by atoms with van der Waals surface area (Å²) >= 11 is 0. The molecule has 1 unspecified atom stereocenters. The Morgan fingerprint density at radius 1 is 1.11 bits per heavy atom. The molecule has 3 N–H and O–H groups in total. The van der Waals surface area contributed by atoms with Crippen molar-refractivity contribution in [2.24, 2.45) is 0 Å². The second kappa shape index (κ2) is 9.59. The van der Waals surface area contributed by atoms with Crippen molar-refractivity contribution < 1.29 is 27.2 Å². The Morgan fingerprint density at radius 2 is 1.79 bits per heavy atom. The maximum atomic E-state index is 12.5. The summed E-state index contributed by atoms with van der Waals surface area (Å²) in [5.41, 5.74) is 3.49. The molecule has 10 heteroatoms. The molecule has 0 bridgehead atoms. The standard InChI is InChI=1S/C28H31N3O6S/c1-27(2,3)37-26(32)31-28(14-7-15-28)20-12-10-19(11-13-20)24-21(18-8-5-4-6-9-18)16-22-25(30-24)36-17-23(29-22)38(33,34)35/h4-6,8-13,16,23,29H,7,14-15,17H2,1-3H3,(H,31,32)(H,33,34,35). The van der Waals surface area contributed by atoms with Gasteiger partial charge in [0.25, 0.3) is 10.1 Å². The first-order valence-electron chi connectivity index (χ1n) is 12.5. The number of fused-ring (bicyclic) bond motifs is 1. The van der Waals surface area contributed by atoms with Crippen LogP contribution in [-0.4, -0.2) is 41.6 Å². The van der Waals surface area contributed by atoms with Gasteiger partial charge in [-0.3, -0.25) is 4.55 Å². The van der Waals surface area contributed by atoms with Crippen LogP contribution in [0.4, 0.5) is 10.5 Å². The normalized spacial score (nSPS) is 18.3. The van der Waals surface area contributed by atoms with Crippen LogP contribution in [0.1, 0.15) is 45.6 Å². The number of rotatable bonds is 5. The summed E-state index contributed by atoms with van der Waals surface area (Å²) in [6.07, 6.45) is 2.23. The molecule has 1 aliphatic heterocycles. The molecule has 1 aromatic heterocycles. The van der Waals surface area contributed by atoms with Crippen LogP contribution in [0.2, 0.25) is 0 Å². The average Bonchev–Trinajstić information content (AvgIpc) is 2.84. The Hall–Kier alpha value is -3.63. The Labute approximate surface area is 222 Å². The van der Waals surface area contributed by atoms with Gasteiger partial charge in [0.1, 0.15) is 12.2 Å². The summed E-state index contributed by atoms with van der Waals surface area (Å²) in [4.78, 5) is 17.3. The molecule has 9 nitrogen and oxygen atoms in total. The first-order chi connectivity index (χ1) is 17.9. The van der Waals surface area contributed by atoms with Crippen molar-refractivity contribution in [2.45, 2.75) is 56.5 Å². The molecule has 2 aromatic carbocycles. The van der Waals surface area contributed by atoms with Gasteiger partial charge in [-0.05, 0) is 57.2 Å². The van der Waals surface area contributed by atoms with Gasteiger partial charge >= 0.3 is 6.09 Å². The van der Waals surface area contributed by atoms with Gasteiger partial charge in [0.15, 0.2) is 5.37 Å². The summed E-state index contributed by atoms with van der Waals surface area (Å²) in [5, 5.41) is 4.63. The number of amides is 1. The number of carbonyl (C=O) groups is 1. The fraction of sp³-hybridized carbons (Fsp3) is 0.357. The monoisotopic (exact) mass is 537 g/mol. The molecule has 1 aliphatic carbocycles. The zero-order chi connectivity index (χ0) is 27.1. The summed E-state index contributed by atoms with van der Waals surface area (Å²) < 4.78 is 44.0.